The third-order valence-corrected chi connectivity index (χ3v) is 3.90. The molecule has 2 N–H and O–H groups in total. The van der Waals surface area contributed by atoms with Gasteiger partial charge in [0.1, 0.15) is 5.40 Å². The number of nitrogens with one attached hydrogen (secondary N) is 2. The number of carbonyl (C=O) groups is 1. The molecule has 0 saturated heterocycles. The number of urea groups is 1. The Labute approximate surface area is 143 Å². The molecule has 0 aliphatic carbocycles. The maximum absolute atomic E-state index is 12.0. The van der Waals surface area contributed by atoms with Crippen LogP contribution in [0.15, 0.2) is 78.0 Å². The summed E-state index contributed by atoms with van der Waals surface area (Å²) in [5.41, 5.74) is 2.40. The first kappa shape index (κ1) is 15.7. The molecule has 24 heavy (non-hydrogen) atoms. The Balaban J connectivity index is 1.59. The van der Waals surface area contributed by atoms with Gasteiger partial charge in [-0.25, -0.2) is 4.79 Å². The molecular weight excluding hydrogens is 320 g/mol. The minimum Gasteiger partial charge on any atom is -0.324 e. The third-order valence-electron chi connectivity index (χ3n) is 3.30. The Morgan fingerprint density at radius 2 is 1.46 bits per heavy atom. The Bertz CT molecular complexity index is 850. The molecule has 2 aromatic carbocycles. The van der Waals surface area contributed by atoms with Gasteiger partial charge < -0.3 is 15.2 Å². The molecule has 1 heterocycles. The first-order valence-corrected chi connectivity index (χ1v) is 8.04. The van der Waals surface area contributed by atoms with Gasteiger partial charge in [-0.1, -0.05) is 0 Å². The lowest BCUT2D eigenvalue weighted by Gasteiger charge is -2.09. The van der Waals surface area contributed by atoms with Gasteiger partial charge in [-0.3, -0.25) is 0 Å². The summed E-state index contributed by atoms with van der Waals surface area (Å²) >= 11 is 1.08. The quantitative estimate of drug-likeness (QED) is 0.537. The summed E-state index contributed by atoms with van der Waals surface area (Å²) in [5.74, 6) is 0. The average molecular weight is 334 g/mol. The highest BCUT2D eigenvalue weighted by atomic mass is 32.2. The van der Waals surface area contributed by atoms with Crippen LogP contribution in [0.25, 0.3) is 5.69 Å². The molecule has 3 aromatic rings. The maximum Gasteiger partial charge on any atom is 0.323 e. The first-order valence-electron chi connectivity index (χ1n) is 7.22. The molecule has 0 aliphatic rings. The van der Waals surface area contributed by atoms with Gasteiger partial charge >= 0.3 is 6.03 Å². The smallest absolute Gasteiger partial charge is 0.323 e. The van der Waals surface area contributed by atoms with E-state index in [4.69, 9.17) is 5.26 Å². The summed E-state index contributed by atoms with van der Waals surface area (Å²) in [5, 5.41) is 16.2. The Hall–Kier alpha value is -3.17. The number of rotatable bonds is 4. The summed E-state index contributed by atoms with van der Waals surface area (Å²) in [4.78, 5) is 12.9. The fourth-order valence-electron chi connectivity index (χ4n) is 2.18. The van der Waals surface area contributed by atoms with E-state index in [0.29, 0.717) is 11.4 Å². The average Bonchev–Trinajstić information content (AvgIpc) is 3.12. The minimum absolute atomic E-state index is 0.315. The Morgan fingerprint density at radius 3 is 2.00 bits per heavy atom. The molecule has 0 unspecified atom stereocenters. The van der Waals surface area contributed by atoms with E-state index in [1.807, 2.05) is 58.8 Å². The van der Waals surface area contributed by atoms with Crippen LogP contribution in [0.2, 0.25) is 0 Å². The molecule has 0 bridgehead atoms. The van der Waals surface area contributed by atoms with Gasteiger partial charge in [0.25, 0.3) is 0 Å². The summed E-state index contributed by atoms with van der Waals surface area (Å²) in [6, 6.07) is 18.3. The standard InChI is InChI=1S/C18H14N4OS/c19-13-24-17-9-5-15(6-10-17)21-18(23)20-14-3-7-16(8-4-14)22-11-1-2-12-22/h1-12H,(H2,20,21,23). The lowest BCUT2D eigenvalue weighted by atomic mass is 10.3. The van der Waals surface area contributed by atoms with Crippen LogP contribution in [0.5, 0.6) is 0 Å². The second-order valence-electron chi connectivity index (χ2n) is 4.93. The van der Waals surface area contributed by atoms with Gasteiger partial charge in [-0.15, -0.1) is 0 Å². The molecular formula is C18H14N4OS. The van der Waals surface area contributed by atoms with Gasteiger partial charge in [0.15, 0.2) is 0 Å². The number of amides is 2. The normalized spacial score (nSPS) is 9.96. The zero-order chi connectivity index (χ0) is 16.8. The molecule has 6 heteroatoms. The number of aromatic nitrogens is 1. The van der Waals surface area contributed by atoms with E-state index < -0.39 is 0 Å². The number of thiocyanates is 1. The van der Waals surface area contributed by atoms with Crippen LogP contribution in [-0.2, 0) is 0 Å². The Morgan fingerprint density at radius 1 is 0.917 bits per heavy atom. The van der Waals surface area contributed by atoms with Crippen LogP contribution in [0.1, 0.15) is 0 Å². The molecule has 118 valence electrons. The fraction of sp³-hybridized carbons (Fsp3) is 0. The lowest BCUT2D eigenvalue weighted by molar-refractivity contribution is 0.262. The van der Waals surface area contributed by atoms with Gasteiger partial charge in [-0.05, 0) is 72.4 Å². The summed E-state index contributed by atoms with van der Waals surface area (Å²) in [6.07, 6.45) is 3.92. The molecule has 0 spiro atoms. The van der Waals surface area contributed by atoms with Gasteiger partial charge in [0, 0.05) is 34.4 Å². The zero-order valence-corrected chi connectivity index (χ0v) is 13.5. The summed E-state index contributed by atoms with van der Waals surface area (Å²) in [7, 11) is 0. The largest absolute Gasteiger partial charge is 0.324 e. The number of thioether (sulfide) groups is 1. The topological polar surface area (TPSA) is 69.8 Å². The molecule has 0 atom stereocenters. The maximum atomic E-state index is 12.0. The van der Waals surface area contributed by atoms with Crippen molar-refractivity contribution in [2.24, 2.45) is 0 Å². The van der Waals surface area contributed by atoms with Crippen LogP contribution in [-0.4, -0.2) is 10.6 Å². The lowest BCUT2D eigenvalue weighted by Crippen LogP contribution is -2.19. The predicted octanol–water partition coefficient (Wildman–Crippen LogP) is 4.69. The van der Waals surface area contributed by atoms with Crippen molar-refractivity contribution in [1.29, 1.82) is 5.26 Å². The monoisotopic (exact) mass is 334 g/mol. The van der Waals surface area contributed by atoms with Crippen LogP contribution in [0, 0.1) is 10.7 Å². The molecule has 0 saturated carbocycles. The van der Waals surface area contributed by atoms with Crippen LogP contribution in [0.3, 0.4) is 0 Å². The minimum atomic E-state index is -0.315. The SMILES string of the molecule is N#CSc1ccc(NC(=O)Nc2ccc(-n3cccc3)cc2)cc1. The van der Waals surface area contributed by atoms with Crippen molar-refractivity contribution >= 4 is 29.2 Å². The second-order valence-corrected chi connectivity index (χ2v) is 5.79. The third kappa shape index (κ3) is 3.97. The zero-order valence-electron chi connectivity index (χ0n) is 12.6. The van der Waals surface area contributed by atoms with Crippen molar-refractivity contribution < 1.29 is 4.79 Å². The Kier molecular flexibility index (Phi) is 4.84. The van der Waals surface area contributed by atoms with Crippen molar-refractivity contribution in [2.45, 2.75) is 4.90 Å². The van der Waals surface area contributed by atoms with E-state index >= 15 is 0 Å². The summed E-state index contributed by atoms with van der Waals surface area (Å²) < 4.78 is 1.99. The van der Waals surface area contributed by atoms with Crippen LogP contribution >= 0.6 is 11.8 Å². The summed E-state index contributed by atoms with van der Waals surface area (Å²) in [6.45, 7) is 0. The second kappa shape index (κ2) is 7.40. The number of hydrogen-bond acceptors (Lipinski definition) is 3. The number of carbonyl (C=O) groups excluding carboxylic acids is 1. The molecule has 0 radical (unpaired) electrons. The van der Waals surface area contributed by atoms with Crippen molar-refractivity contribution in [1.82, 2.24) is 4.57 Å². The molecule has 0 fully saturated rings. The van der Waals surface area contributed by atoms with Crippen molar-refractivity contribution in [2.75, 3.05) is 10.6 Å². The molecule has 5 nitrogen and oxygen atoms in total. The fourth-order valence-corrected chi connectivity index (χ4v) is 2.55. The number of anilines is 2. The van der Waals surface area contributed by atoms with Gasteiger partial charge in [0.2, 0.25) is 0 Å². The highest BCUT2D eigenvalue weighted by Gasteiger charge is 2.03. The van der Waals surface area contributed by atoms with Gasteiger partial charge in [-0.2, -0.15) is 5.26 Å². The van der Waals surface area contributed by atoms with Crippen LogP contribution in [0.4, 0.5) is 16.2 Å². The molecule has 2 amide bonds. The highest BCUT2D eigenvalue weighted by Crippen LogP contribution is 2.19. The van der Waals surface area contributed by atoms with E-state index in [1.54, 1.807) is 24.3 Å². The van der Waals surface area contributed by atoms with Gasteiger partial charge in [0.05, 0.1) is 0 Å². The molecule has 1 aromatic heterocycles. The molecule has 3 rings (SSSR count). The van der Waals surface area contributed by atoms with E-state index in [2.05, 4.69) is 10.6 Å². The van der Waals surface area contributed by atoms with E-state index in [0.717, 1.165) is 22.3 Å². The predicted molar refractivity (Wildman–Crippen MR) is 96.3 cm³/mol. The van der Waals surface area contributed by atoms with Crippen LogP contribution < -0.4 is 10.6 Å². The van der Waals surface area contributed by atoms with Crippen molar-refractivity contribution in [3.63, 3.8) is 0 Å². The number of nitriles is 1. The van der Waals surface area contributed by atoms with Crippen molar-refractivity contribution in [3.8, 4) is 11.1 Å². The molecule has 0 aliphatic heterocycles. The van der Waals surface area contributed by atoms with E-state index in [9.17, 15) is 4.79 Å². The highest BCUT2D eigenvalue weighted by molar-refractivity contribution is 8.03. The van der Waals surface area contributed by atoms with Crippen molar-refractivity contribution in [3.05, 3.63) is 73.1 Å². The number of hydrogen-bond donors (Lipinski definition) is 2. The van der Waals surface area contributed by atoms with E-state index in [-0.39, 0.29) is 6.03 Å². The van der Waals surface area contributed by atoms with E-state index in [1.165, 1.54) is 0 Å². The first-order chi connectivity index (χ1) is 11.7. The number of nitrogens with zero attached hydrogens (tertiary/aromatic N) is 2. The number of benzene rings is 2.